The van der Waals surface area contributed by atoms with E-state index >= 15 is 0 Å². The number of amides is 1. The highest BCUT2D eigenvalue weighted by Gasteiger charge is 2.29. The monoisotopic (exact) mass is 390 g/mol. The fourth-order valence-electron chi connectivity index (χ4n) is 2.32. The predicted octanol–water partition coefficient (Wildman–Crippen LogP) is 4.30. The molecule has 0 saturated carbocycles. The number of anilines is 1. The second-order valence-corrected chi connectivity index (χ2v) is 6.80. The average molecular weight is 391 g/mol. The van der Waals surface area contributed by atoms with Crippen LogP contribution >= 0.6 is 27.7 Å². The molecule has 0 unspecified atom stereocenters. The van der Waals surface area contributed by atoms with Gasteiger partial charge in [-0.1, -0.05) is 45.4 Å². The SMILES string of the molecule is CSc1ccccc1NC(=O)[C@@H]1CC(c2cccc(Br)c2)=NO1. The van der Waals surface area contributed by atoms with Crippen LogP contribution < -0.4 is 5.32 Å². The molecule has 0 fully saturated rings. The first kappa shape index (κ1) is 16.1. The van der Waals surface area contributed by atoms with Crippen molar-refractivity contribution in [3.8, 4) is 0 Å². The molecule has 118 valence electrons. The van der Waals surface area contributed by atoms with Crippen LogP contribution in [0.3, 0.4) is 0 Å². The molecule has 1 N–H and O–H groups in total. The van der Waals surface area contributed by atoms with Gasteiger partial charge in [0.1, 0.15) is 0 Å². The van der Waals surface area contributed by atoms with E-state index in [-0.39, 0.29) is 5.91 Å². The molecular formula is C17H15BrN2O2S. The molecule has 3 rings (SSSR count). The number of carbonyl (C=O) groups excluding carboxylic acids is 1. The first-order valence-electron chi connectivity index (χ1n) is 7.10. The van der Waals surface area contributed by atoms with Crippen molar-refractivity contribution in [1.82, 2.24) is 0 Å². The van der Waals surface area contributed by atoms with Gasteiger partial charge >= 0.3 is 0 Å². The maximum atomic E-state index is 12.4. The maximum Gasteiger partial charge on any atom is 0.268 e. The fourth-order valence-corrected chi connectivity index (χ4v) is 3.27. The Morgan fingerprint density at radius 1 is 1.30 bits per heavy atom. The summed E-state index contributed by atoms with van der Waals surface area (Å²) in [5.41, 5.74) is 2.54. The Bertz CT molecular complexity index is 764. The van der Waals surface area contributed by atoms with Gasteiger partial charge in [-0.15, -0.1) is 11.8 Å². The smallest absolute Gasteiger partial charge is 0.268 e. The van der Waals surface area contributed by atoms with Crippen molar-refractivity contribution in [3.63, 3.8) is 0 Å². The molecule has 23 heavy (non-hydrogen) atoms. The van der Waals surface area contributed by atoms with Gasteiger partial charge < -0.3 is 10.2 Å². The Morgan fingerprint density at radius 3 is 2.91 bits per heavy atom. The van der Waals surface area contributed by atoms with Gasteiger partial charge in [0.15, 0.2) is 0 Å². The molecule has 0 aromatic heterocycles. The predicted molar refractivity (Wildman–Crippen MR) is 97.0 cm³/mol. The molecule has 2 aromatic carbocycles. The lowest BCUT2D eigenvalue weighted by Gasteiger charge is -2.12. The zero-order valence-electron chi connectivity index (χ0n) is 12.5. The quantitative estimate of drug-likeness (QED) is 0.791. The van der Waals surface area contributed by atoms with Crippen LogP contribution in [-0.2, 0) is 9.63 Å². The second kappa shape index (κ2) is 7.19. The molecule has 1 heterocycles. The Labute approximate surface area is 147 Å². The molecule has 1 aliphatic heterocycles. The van der Waals surface area contributed by atoms with Crippen LogP contribution in [0, 0.1) is 0 Å². The van der Waals surface area contributed by atoms with Crippen LogP contribution in [0.5, 0.6) is 0 Å². The number of nitrogens with zero attached hydrogens (tertiary/aromatic N) is 1. The van der Waals surface area contributed by atoms with E-state index in [9.17, 15) is 4.79 Å². The lowest BCUT2D eigenvalue weighted by molar-refractivity contribution is -0.125. The van der Waals surface area contributed by atoms with Crippen molar-refractivity contribution in [1.29, 1.82) is 0 Å². The largest absolute Gasteiger partial charge is 0.382 e. The van der Waals surface area contributed by atoms with Gasteiger partial charge in [0.05, 0.1) is 11.4 Å². The highest BCUT2D eigenvalue weighted by atomic mass is 79.9. The summed E-state index contributed by atoms with van der Waals surface area (Å²) in [7, 11) is 0. The number of nitrogens with one attached hydrogen (secondary N) is 1. The van der Waals surface area contributed by atoms with E-state index in [1.807, 2.05) is 54.8 Å². The molecule has 0 aliphatic carbocycles. The molecule has 0 radical (unpaired) electrons. The molecule has 6 heteroatoms. The zero-order chi connectivity index (χ0) is 16.2. The van der Waals surface area contributed by atoms with E-state index in [4.69, 9.17) is 4.84 Å². The Kier molecular flexibility index (Phi) is 5.03. The molecule has 1 aliphatic rings. The summed E-state index contributed by atoms with van der Waals surface area (Å²) in [4.78, 5) is 18.7. The lowest BCUT2D eigenvalue weighted by Crippen LogP contribution is -2.28. The minimum absolute atomic E-state index is 0.180. The number of para-hydroxylation sites is 1. The Balaban J connectivity index is 1.67. The summed E-state index contributed by atoms with van der Waals surface area (Å²) in [5.74, 6) is -0.180. The summed E-state index contributed by atoms with van der Waals surface area (Å²) in [6.45, 7) is 0. The third-order valence-corrected chi connectivity index (χ3v) is 4.77. The Hall–Kier alpha value is -1.79. The topological polar surface area (TPSA) is 50.7 Å². The van der Waals surface area contributed by atoms with E-state index in [0.717, 1.165) is 26.3 Å². The molecule has 2 aromatic rings. The highest BCUT2D eigenvalue weighted by molar-refractivity contribution is 9.10. The minimum Gasteiger partial charge on any atom is -0.382 e. The van der Waals surface area contributed by atoms with Crippen LogP contribution in [0.4, 0.5) is 5.69 Å². The van der Waals surface area contributed by atoms with Gasteiger partial charge in [-0.05, 0) is 30.5 Å². The summed E-state index contributed by atoms with van der Waals surface area (Å²) in [6.07, 6.45) is 1.84. The van der Waals surface area contributed by atoms with E-state index in [2.05, 4.69) is 26.4 Å². The molecule has 1 amide bonds. The summed E-state index contributed by atoms with van der Waals surface area (Å²) in [5, 5.41) is 6.98. The van der Waals surface area contributed by atoms with Gasteiger partial charge in [0.25, 0.3) is 5.91 Å². The fraction of sp³-hybridized carbons (Fsp3) is 0.176. The van der Waals surface area contributed by atoms with Crippen molar-refractivity contribution in [2.75, 3.05) is 11.6 Å². The van der Waals surface area contributed by atoms with Crippen molar-refractivity contribution >= 4 is 45.0 Å². The van der Waals surface area contributed by atoms with Crippen LogP contribution in [0.15, 0.2) is 63.1 Å². The number of rotatable bonds is 4. The first-order valence-corrected chi connectivity index (χ1v) is 9.11. The molecular weight excluding hydrogens is 376 g/mol. The maximum absolute atomic E-state index is 12.4. The van der Waals surface area contributed by atoms with Gasteiger partial charge in [0.2, 0.25) is 6.10 Å². The van der Waals surface area contributed by atoms with E-state index < -0.39 is 6.10 Å². The summed E-state index contributed by atoms with van der Waals surface area (Å²) >= 11 is 5.03. The second-order valence-electron chi connectivity index (χ2n) is 5.04. The lowest BCUT2D eigenvalue weighted by atomic mass is 10.0. The van der Waals surface area contributed by atoms with E-state index in [0.29, 0.717) is 6.42 Å². The van der Waals surface area contributed by atoms with Crippen molar-refractivity contribution in [2.24, 2.45) is 5.16 Å². The first-order chi connectivity index (χ1) is 11.2. The molecule has 0 spiro atoms. The number of benzene rings is 2. The third kappa shape index (κ3) is 3.76. The molecule has 0 saturated heterocycles. The van der Waals surface area contributed by atoms with Crippen LogP contribution in [0.2, 0.25) is 0 Å². The van der Waals surface area contributed by atoms with Gasteiger partial charge in [-0.3, -0.25) is 4.79 Å². The molecule has 0 bridgehead atoms. The molecule has 1 atom stereocenters. The van der Waals surface area contributed by atoms with Crippen LogP contribution in [0.1, 0.15) is 12.0 Å². The number of hydrogen-bond acceptors (Lipinski definition) is 4. The van der Waals surface area contributed by atoms with E-state index in [1.54, 1.807) is 11.8 Å². The number of carbonyl (C=O) groups is 1. The van der Waals surface area contributed by atoms with Gasteiger partial charge in [0, 0.05) is 21.4 Å². The normalized spacial score (nSPS) is 16.6. The number of hydrogen-bond donors (Lipinski definition) is 1. The third-order valence-electron chi connectivity index (χ3n) is 3.48. The highest BCUT2D eigenvalue weighted by Crippen LogP contribution is 2.26. The van der Waals surface area contributed by atoms with Gasteiger partial charge in [-0.25, -0.2) is 0 Å². The number of thioether (sulfide) groups is 1. The van der Waals surface area contributed by atoms with Crippen molar-refractivity contribution in [3.05, 3.63) is 58.6 Å². The van der Waals surface area contributed by atoms with Crippen LogP contribution in [-0.4, -0.2) is 24.0 Å². The summed E-state index contributed by atoms with van der Waals surface area (Å²) in [6, 6.07) is 15.5. The summed E-state index contributed by atoms with van der Waals surface area (Å²) < 4.78 is 0.972. The Morgan fingerprint density at radius 2 is 2.13 bits per heavy atom. The van der Waals surface area contributed by atoms with Crippen molar-refractivity contribution in [2.45, 2.75) is 17.4 Å². The average Bonchev–Trinajstić information content (AvgIpc) is 3.05. The number of halogens is 1. The minimum atomic E-state index is -0.598. The molecule has 4 nitrogen and oxygen atoms in total. The van der Waals surface area contributed by atoms with Gasteiger partial charge in [-0.2, -0.15) is 0 Å². The number of oxime groups is 1. The zero-order valence-corrected chi connectivity index (χ0v) is 14.9. The standard InChI is InChI=1S/C17H15BrN2O2S/c1-23-16-8-3-2-7-13(16)19-17(21)15-10-14(20-22-15)11-5-4-6-12(18)9-11/h2-9,15H,10H2,1H3,(H,19,21)/t15-/m0/s1. The van der Waals surface area contributed by atoms with Crippen LogP contribution in [0.25, 0.3) is 0 Å². The van der Waals surface area contributed by atoms with Crippen molar-refractivity contribution < 1.29 is 9.63 Å². The van der Waals surface area contributed by atoms with E-state index in [1.165, 1.54) is 0 Å².